The van der Waals surface area contributed by atoms with Gasteiger partial charge in [0.05, 0.1) is 10.4 Å². The van der Waals surface area contributed by atoms with Crippen molar-refractivity contribution in [2.24, 2.45) is 0 Å². The summed E-state index contributed by atoms with van der Waals surface area (Å²) in [5.41, 5.74) is 0. The molecule has 0 amide bonds. The van der Waals surface area contributed by atoms with E-state index < -0.39 is 0 Å². The predicted molar refractivity (Wildman–Crippen MR) is 80.3 cm³/mol. The summed E-state index contributed by atoms with van der Waals surface area (Å²) in [7, 11) is 0. The molecule has 4 heteroatoms. The first-order chi connectivity index (χ1) is 8.84. The lowest BCUT2D eigenvalue weighted by atomic mass is 10.3. The molecule has 1 N–H and O–H groups in total. The summed E-state index contributed by atoms with van der Waals surface area (Å²) in [6.07, 6.45) is 1.02. The number of halogens is 1. The van der Waals surface area contributed by atoms with Gasteiger partial charge in [0, 0.05) is 11.4 Å². The summed E-state index contributed by atoms with van der Waals surface area (Å²) in [5.74, 6) is 0.944. The van der Waals surface area contributed by atoms with Crippen molar-refractivity contribution in [3.8, 4) is 5.75 Å². The van der Waals surface area contributed by atoms with Crippen LogP contribution < -0.4 is 10.1 Å². The van der Waals surface area contributed by atoms with Crippen LogP contribution in [0.4, 0.5) is 0 Å². The van der Waals surface area contributed by atoms with Crippen LogP contribution in [0.5, 0.6) is 5.75 Å². The van der Waals surface area contributed by atoms with E-state index in [1.54, 1.807) is 11.3 Å². The standard InChI is InChI=1S/C14H16BrNOS/c15-14-8-7-13(18-14)11-16-9-4-10-17-12-5-2-1-3-6-12/h1-3,5-8,16H,4,9-11H2. The van der Waals surface area contributed by atoms with E-state index in [4.69, 9.17) is 4.74 Å². The van der Waals surface area contributed by atoms with Crippen molar-refractivity contribution in [1.29, 1.82) is 0 Å². The van der Waals surface area contributed by atoms with Crippen LogP contribution >= 0.6 is 27.3 Å². The number of para-hydroxylation sites is 1. The average Bonchev–Trinajstić information content (AvgIpc) is 2.81. The minimum Gasteiger partial charge on any atom is -0.494 e. The zero-order valence-corrected chi connectivity index (χ0v) is 12.5. The fourth-order valence-electron chi connectivity index (χ4n) is 1.56. The molecule has 0 radical (unpaired) electrons. The molecule has 2 aromatic rings. The number of thiophene rings is 1. The second kappa shape index (κ2) is 7.56. The number of hydrogen-bond acceptors (Lipinski definition) is 3. The number of ether oxygens (including phenoxy) is 1. The molecule has 96 valence electrons. The first kappa shape index (κ1) is 13.6. The molecule has 0 bridgehead atoms. The Hall–Kier alpha value is -0.840. The summed E-state index contributed by atoms with van der Waals surface area (Å²) in [6, 6.07) is 14.2. The molecule has 1 aromatic heterocycles. The Bertz CT molecular complexity index is 458. The average molecular weight is 326 g/mol. The van der Waals surface area contributed by atoms with Crippen molar-refractivity contribution in [3.63, 3.8) is 0 Å². The Labute approximate surface area is 120 Å². The van der Waals surface area contributed by atoms with Gasteiger partial charge in [0.1, 0.15) is 5.75 Å². The Morgan fingerprint density at radius 2 is 1.94 bits per heavy atom. The first-order valence-electron chi connectivity index (χ1n) is 5.97. The summed E-state index contributed by atoms with van der Waals surface area (Å²) in [5, 5.41) is 3.41. The summed E-state index contributed by atoms with van der Waals surface area (Å²) >= 11 is 5.23. The minimum atomic E-state index is 0.755. The van der Waals surface area contributed by atoms with Crippen molar-refractivity contribution >= 4 is 27.3 Å². The highest BCUT2D eigenvalue weighted by Crippen LogP contribution is 2.21. The molecule has 1 aromatic carbocycles. The number of hydrogen-bond donors (Lipinski definition) is 1. The normalized spacial score (nSPS) is 10.5. The zero-order valence-electron chi connectivity index (χ0n) is 10.1. The summed E-state index contributed by atoms with van der Waals surface area (Å²) in [4.78, 5) is 1.35. The van der Waals surface area contributed by atoms with E-state index in [0.717, 1.165) is 31.9 Å². The fourth-order valence-corrected chi connectivity index (χ4v) is 3.02. The number of rotatable bonds is 7. The molecule has 2 rings (SSSR count). The van der Waals surface area contributed by atoms with Gasteiger partial charge in [-0.15, -0.1) is 11.3 Å². The van der Waals surface area contributed by atoms with Crippen LogP contribution in [0.2, 0.25) is 0 Å². The molecule has 0 unspecified atom stereocenters. The van der Waals surface area contributed by atoms with Crippen molar-refractivity contribution < 1.29 is 4.74 Å². The second-order valence-corrected chi connectivity index (χ2v) is 6.45. The maximum Gasteiger partial charge on any atom is 0.119 e. The number of benzene rings is 1. The lowest BCUT2D eigenvalue weighted by molar-refractivity contribution is 0.308. The number of nitrogens with one attached hydrogen (secondary N) is 1. The highest BCUT2D eigenvalue weighted by atomic mass is 79.9. The van der Waals surface area contributed by atoms with Gasteiger partial charge in [-0.3, -0.25) is 0 Å². The van der Waals surface area contributed by atoms with Gasteiger partial charge in [0.2, 0.25) is 0 Å². The van der Waals surface area contributed by atoms with E-state index in [2.05, 4.69) is 33.4 Å². The van der Waals surface area contributed by atoms with Crippen molar-refractivity contribution in [1.82, 2.24) is 5.32 Å². The Balaban J connectivity index is 1.54. The van der Waals surface area contributed by atoms with Gasteiger partial charge in [-0.05, 0) is 53.2 Å². The van der Waals surface area contributed by atoms with Gasteiger partial charge in [-0.1, -0.05) is 18.2 Å². The highest BCUT2D eigenvalue weighted by Gasteiger charge is 1.97. The molecule has 0 saturated heterocycles. The summed E-state index contributed by atoms with van der Waals surface area (Å²) < 4.78 is 6.80. The van der Waals surface area contributed by atoms with Crippen LogP contribution in [0.1, 0.15) is 11.3 Å². The lowest BCUT2D eigenvalue weighted by Crippen LogP contribution is -2.16. The van der Waals surface area contributed by atoms with E-state index in [1.807, 2.05) is 30.3 Å². The molecule has 0 atom stereocenters. The first-order valence-corrected chi connectivity index (χ1v) is 7.58. The van der Waals surface area contributed by atoms with Crippen LogP contribution in [0, 0.1) is 0 Å². The van der Waals surface area contributed by atoms with Gasteiger partial charge in [0.15, 0.2) is 0 Å². The Morgan fingerprint density at radius 1 is 1.11 bits per heavy atom. The molecule has 0 spiro atoms. The van der Waals surface area contributed by atoms with Crippen LogP contribution in [0.25, 0.3) is 0 Å². The molecule has 2 nitrogen and oxygen atoms in total. The maximum atomic E-state index is 5.62. The molecule has 0 saturated carbocycles. The minimum absolute atomic E-state index is 0.755. The van der Waals surface area contributed by atoms with Crippen LogP contribution in [-0.2, 0) is 6.54 Å². The molecule has 18 heavy (non-hydrogen) atoms. The van der Waals surface area contributed by atoms with E-state index >= 15 is 0 Å². The molecule has 0 aliphatic rings. The van der Waals surface area contributed by atoms with Gasteiger partial charge in [0.25, 0.3) is 0 Å². The maximum absolute atomic E-state index is 5.62. The largest absolute Gasteiger partial charge is 0.494 e. The molecule has 0 fully saturated rings. The van der Waals surface area contributed by atoms with Crippen molar-refractivity contribution in [3.05, 3.63) is 51.1 Å². The fraction of sp³-hybridized carbons (Fsp3) is 0.286. The highest BCUT2D eigenvalue weighted by molar-refractivity contribution is 9.11. The van der Waals surface area contributed by atoms with E-state index in [-0.39, 0.29) is 0 Å². The Kier molecular flexibility index (Phi) is 5.71. The van der Waals surface area contributed by atoms with E-state index in [1.165, 1.54) is 8.66 Å². The predicted octanol–water partition coefficient (Wildman–Crippen LogP) is 4.07. The molecule has 0 aliphatic heterocycles. The zero-order chi connectivity index (χ0) is 12.6. The van der Waals surface area contributed by atoms with Gasteiger partial charge in [-0.2, -0.15) is 0 Å². The van der Waals surface area contributed by atoms with Gasteiger partial charge in [-0.25, -0.2) is 0 Å². The third kappa shape index (κ3) is 4.80. The lowest BCUT2D eigenvalue weighted by Gasteiger charge is -2.06. The SMILES string of the molecule is Brc1ccc(CNCCCOc2ccccc2)s1. The van der Waals surface area contributed by atoms with Crippen molar-refractivity contribution in [2.45, 2.75) is 13.0 Å². The molecular weight excluding hydrogens is 310 g/mol. The van der Waals surface area contributed by atoms with Crippen LogP contribution in [-0.4, -0.2) is 13.2 Å². The van der Waals surface area contributed by atoms with E-state index in [0.29, 0.717) is 0 Å². The van der Waals surface area contributed by atoms with Crippen LogP contribution in [0.15, 0.2) is 46.3 Å². The Morgan fingerprint density at radius 3 is 2.67 bits per heavy atom. The van der Waals surface area contributed by atoms with Crippen LogP contribution in [0.3, 0.4) is 0 Å². The molecule has 1 heterocycles. The van der Waals surface area contributed by atoms with Gasteiger partial charge < -0.3 is 10.1 Å². The van der Waals surface area contributed by atoms with Gasteiger partial charge >= 0.3 is 0 Å². The monoisotopic (exact) mass is 325 g/mol. The summed E-state index contributed by atoms with van der Waals surface area (Å²) in [6.45, 7) is 2.66. The molecular formula is C14H16BrNOS. The topological polar surface area (TPSA) is 21.3 Å². The molecule has 0 aliphatic carbocycles. The quantitative estimate of drug-likeness (QED) is 0.775. The van der Waals surface area contributed by atoms with E-state index in [9.17, 15) is 0 Å². The third-order valence-electron chi connectivity index (χ3n) is 2.44. The van der Waals surface area contributed by atoms with Crippen molar-refractivity contribution in [2.75, 3.05) is 13.2 Å². The third-order valence-corrected chi connectivity index (χ3v) is 4.06. The smallest absolute Gasteiger partial charge is 0.119 e. The second-order valence-electron chi connectivity index (χ2n) is 3.90.